The van der Waals surface area contributed by atoms with Gasteiger partial charge in [-0.25, -0.2) is 8.42 Å². The van der Waals surface area contributed by atoms with Crippen molar-refractivity contribution in [3.8, 4) is 11.5 Å². The van der Waals surface area contributed by atoms with E-state index in [1.54, 1.807) is 23.6 Å². The second kappa shape index (κ2) is 7.99. The molecule has 2 aromatic carbocycles. The van der Waals surface area contributed by atoms with Crippen molar-refractivity contribution >= 4 is 33.0 Å². The summed E-state index contributed by atoms with van der Waals surface area (Å²) in [6.07, 6.45) is 0.651. The summed E-state index contributed by atoms with van der Waals surface area (Å²) in [5.74, 6) is 0.701. The lowest BCUT2D eigenvalue weighted by atomic mass is 10.0. The summed E-state index contributed by atoms with van der Waals surface area (Å²) in [6, 6.07) is 14.4. The van der Waals surface area contributed by atoms with Gasteiger partial charge in [-0.3, -0.25) is 4.79 Å². The van der Waals surface area contributed by atoms with Crippen LogP contribution in [0.4, 0.5) is 5.69 Å². The Morgan fingerprint density at radius 2 is 1.77 bits per heavy atom. The maximum absolute atomic E-state index is 13.3. The lowest BCUT2D eigenvalue weighted by Gasteiger charge is -2.28. The highest BCUT2D eigenvalue weighted by molar-refractivity contribution is 7.89. The summed E-state index contributed by atoms with van der Waals surface area (Å²) in [4.78, 5) is 13.1. The molecule has 2 aliphatic heterocycles. The van der Waals surface area contributed by atoms with Crippen LogP contribution in [0.25, 0.3) is 0 Å². The number of thiophene rings is 1. The van der Waals surface area contributed by atoms with E-state index in [9.17, 15) is 13.2 Å². The van der Waals surface area contributed by atoms with Crippen LogP contribution in [0.1, 0.15) is 20.8 Å². The first-order valence-corrected chi connectivity index (χ1v) is 12.2. The molecule has 0 aliphatic carbocycles. The zero-order chi connectivity index (χ0) is 21.4. The van der Waals surface area contributed by atoms with Gasteiger partial charge in [0.25, 0.3) is 5.91 Å². The Hall–Kier alpha value is -2.88. The van der Waals surface area contributed by atoms with E-state index in [2.05, 4.69) is 5.32 Å². The number of ether oxygens (including phenoxy) is 2. The number of nitrogens with zero attached hydrogens (tertiary/aromatic N) is 1. The number of hydrogen-bond donors (Lipinski definition) is 1. The fraction of sp³-hybridized carbons (Fsp3) is 0.227. The van der Waals surface area contributed by atoms with Gasteiger partial charge in [0.1, 0.15) is 23.0 Å². The van der Waals surface area contributed by atoms with E-state index < -0.39 is 15.9 Å². The lowest BCUT2D eigenvalue weighted by molar-refractivity contribution is 0.102. The van der Waals surface area contributed by atoms with Gasteiger partial charge in [-0.05, 0) is 41.1 Å². The molecule has 1 aromatic heterocycles. The maximum atomic E-state index is 13.3. The lowest BCUT2D eigenvalue weighted by Crippen LogP contribution is -2.36. The van der Waals surface area contributed by atoms with Crippen LogP contribution in [0.3, 0.4) is 0 Å². The molecule has 0 atom stereocenters. The third-order valence-corrected chi connectivity index (χ3v) is 8.28. The van der Waals surface area contributed by atoms with Crippen molar-refractivity contribution < 1.29 is 22.7 Å². The molecule has 3 heterocycles. The van der Waals surface area contributed by atoms with Gasteiger partial charge in [-0.15, -0.1) is 11.3 Å². The second-order valence-corrected chi connectivity index (χ2v) is 10.1. The largest absolute Gasteiger partial charge is 0.486 e. The summed E-state index contributed by atoms with van der Waals surface area (Å²) in [6.45, 7) is 1.61. The van der Waals surface area contributed by atoms with Crippen molar-refractivity contribution in [2.45, 2.75) is 17.9 Å². The molecule has 9 heteroatoms. The zero-order valence-electron chi connectivity index (χ0n) is 16.5. The van der Waals surface area contributed by atoms with Gasteiger partial charge in [0.05, 0.1) is 0 Å². The first-order chi connectivity index (χ1) is 15.0. The molecule has 0 unspecified atom stereocenters. The number of carbonyl (C=O) groups is 1. The van der Waals surface area contributed by atoms with Crippen molar-refractivity contribution in [3.63, 3.8) is 0 Å². The van der Waals surface area contributed by atoms with E-state index in [-0.39, 0.29) is 9.77 Å². The molecule has 0 fully saturated rings. The number of rotatable bonds is 4. The van der Waals surface area contributed by atoms with Crippen LogP contribution < -0.4 is 14.8 Å². The third kappa shape index (κ3) is 3.80. The highest BCUT2D eigenvalue weighted by Crippen LogP contribution is 2.34. The molecule has 1 amide bonds. The Bertz CT molecular complexity index is 1250. The van der Waals surface area contributed by atoms with Crippen molar-refractivity contribution in [2.75, 3.05) is 25.1 Å². The molecular formula is C22H20N2O5S2. The predicted octanol–water partition coefficient (Wildman–Crippen LogP) is 3.52. The van der Waals surface area contributed by atoms with Crippen LogP contribution in [0.2, 0.25) is 0 Å². The molecule has 2 aliphatic rings. The first kappa shape index (κ1) is 20.0. The minimum Gasteiger partial charge on any atom is -0.486 e. The average Bonchev–Trinajstić information content (AvgIpc) is 3.30. The van der Waals surface area contributed by atoms with Crippen LogP contribution >= 0.6 is 11.3 Å². The summed E-state index contributed by atoms with van der Waals surface area (Å²) in [7, 11) is -3.81. The molecule has 0 saturated heterocycles. The van der Waals surface area contributed by atoms with E-state index in [0.717, 1.165) is 22.5 Å². The molecule has 31 heavy (non-hydrogen) atoms. The number of nitrogens with one attached hydrogen (secondary N) is 1. The van der Waals surface area contributed by atoms with Gasteiger partial charge in [0, 0.05) is 24.8 Å². The maximum Gasteiger partial charge on any atom is 0.267 e. The minimum atomic E-state index is -3.81. The normalized spacial score (nSPS) is 15.9. The van der Waals surface area contributed by atoms with Gasteiger partial charge < -0.3 is 14.8 Å². The van der Waals surface area contributed by atoms with Crippen LogP contribution in [-0.2, 0) is 23.0 Å². The van der Waals surface area contributed by atoms with E-state index in [4.69, 9.17) is 9.47 Å². The Labute approximate surface area is 184 Å². The quantitative estimate of drug-likeness (QED) is 0.649. The molecule has 1 N–H and O–H groups in total. The molecule has 0 radical (unpaired) electrons. The predicted molar refractivity (Wildman–Crippen MR) is 117 cm³/mol. The highest BCUT2D eigenvalue weighted by atomic mass is 32.2. The van der Waals surface area contributed by atoms with Crippen LogP contribution in [0.15, 0.2) is 58.8 Å². The number of sulfonamides is 1. The molecule has 160 valence electrons. The van der Waals surface area contributed by atoms with Gasteiger partial charge >= 0.3 is 0 Å². The fourth-order valence-electron chi connectivity index (χ4n) is 3.79. The molecule has 3 aromatic rings. The summed E-state index contributed by atoms with van der Waals surface area (Å²) in [5.41, 5.74) is 2.67. The van der Waals surface area contributed by atoms with Gasteiger partial charge in [0.2, 0.25) is 10.0 Å². The molecule has 0 bridgehead atoms. The second-order valence-electron chi connectivity index (χ2n) is 7.28. The van der Waals surface area contributed by atoms with E-state index in [0.29, 0.717) is 49.9 Å². The Morgan fingerprint density at radius 1 is 1.00 bits per heavy atom. The smallest absolute Gasteiger partial charge is 0.267 e. The van der Waals surface area contributed by atoms with E-state index in [1.807, 2.05) is 24.3 Å². The fourth-order valence-corrected chi connectivity index (χ4v) is 6.50. The van der Waals surface area contributed by atoms with Crippen molar-refractivity contribution in [1.29, 1.82) is 0 Å². The molecule has 0 saturated carbocycles. The number of carbonyl (C=O) groups excluding carboxylic acids is 1. The third-order valence-electron chi connectivity index (χ3n) is 5.35. The van der Waals surface area contributed by atoms with E-state index >= 15 is 0 Å². The van der Waals surface area contributed by atoms with Crippen LogP contribution in [0.5, 0.6) is 11.5 Å². The van der Waals surface area contributed by atoms with Crippen molar-refractivity contribution in [1.82, 2.24) is 4.31 Å². The van der Waals surface area contributed by atoms with Crippen molar-refractivity contribution in [2.24, 2.45) is 0 Å². The Morgan fingerprint density at radius 3 is 2.61 bits per heavy atom. The summed E-state index contributed by atoms with van der Waals surface area (Å²) in [5, 5.41) is 4.41. The zero-order valence-corrected chi connectivity index (χ0v) is 18.2. The Kier molecular flexibility index (Phi) is 5.17. The van der Waals surface area contributed by atoms with Crippen molar-refractivity contribution in [3.05, 3.63) is 69.9 Å². The molecule has 5 rings (SSSR count). The molecular weight excluding hydrogens is 436 g/mol. The number of hydrogen-bond acceptors (Lipinski definition) is 6. The monoisotopic (exact) mass is 456 g/mol. The average molecular weight is 457 g/mol. The topological polar surface area (TPSA) is 84.9 Å². The minimum absolute atomic E-state index is 0.0342. The van der Waals surface area contributed by atoms with Gasteiger partial charge in [-0.1, -0.05) is 24.3 Å². The standard InChI is InChI=1S/C22H20N2O5S2/c25-22(23-17-5-6-18-19(13-17)29-11-10-28-18)21-20(8-12-30-21)31(26,27)24-9-7-15-3-1-2-4-16(15)14-24/h1-6,8,12-13H,7,9-11,14H2,(H,23,25). The van der Waals surface area contributed by atoms with Gasteiger partial charge in [-0.2, -0.15) is 4.31 Å². The Balaban J connectivity index is 1.38. The number of anilines is 1. The number of amides is 1. The number of fused-ring (bicyclic) bond motifs is 2. The molecule has 7 nitrogen and oxygen atoms in total. The summed E-state index contributed by atoms with van der Waals surface area (Å²) >= 11 is 1.11. The van der Waals surface area contributed by atoms with Crippen LogP contribution in [0, 0.1) is 0 Å². The van der Waals surface area contributed by atoms with Gasteiger partial charge in [0.15, 0.2) is 11.5 Å². The summed E-state index contributed by atoms with van der Waals surface area (Å²) < 4.78 is 39.2. The first-order valence-electron chi connectivity index (χ1n) is 9.88. The number of benzene rings is 2. The van der Waals surface area contributed by atoms with E-state index in [1.165, 1.54) is 10.4 Å². The highest BCUT2D eigenvalue weighted by Gasteiger charge is 2.32. The molecule has 0 spiro atoms. The van der Waals surface area contributed by atoms with Crippen LogP contribution in [-0.4, -0.2) is 38.4 Å². The SMILES string of the molecule is O=C(Nc1ccc2c(c1)OCCO2)c1sccc1S(=O)(=O)N1CCc2ccccc2C1.